The molecule has 0 atom stereocenters. The smallest absolute Gasteiger partial charge is 0.226 e. The quantitative estimate of drug-likeness (QED) is 0.855. The fraction of sp³-hybridized carbons (Fsp3) is 0.692. The minimum absolute atomic E-state index is 0.206. The topological polar surface area (TPSA) is 47.0 Å². The van der Waals surface area contributed by atoms with Gasteiger partial charge in [-0.25, -0.2) is 4.98 Å². The summed E-state index contributed by atoms with van der Waals surface area (Å²) in [7, 11) is 0. The van der Waals surface area contributed by atoms with Crippen LogP contribution in [0, 0.1) is 12.3 Å². The zero-order valence-corrected chi connectivity index (χ0v) is 11.5. The summed E-state index contributed by atoms with van der Waals surface area (Å²) in [6.45, 7) is 12.1. The monoisotopic (exact) mass is 237 g/mol. The first-order valence-corrected chi connectivity index (χ1v) is 6.13. The molecule has 0 radical (unpaired) electrons. The van der Waals surface area contributed by atoms with E-state index in [2.05, 4.69) is 43.0 Å². The lowest BCUT2D eigenvalue weighted by Crippen LogP contribution is -2.20. The van der Waals surface area contributed by atoms with Crippen LogP contribution >= 0.6 is 0 Å². The maximum Gasteiger partial charge on any atom is 0.226 e. The highest BCUT2D eigenvalue weighted by Crippen LogP contribution is 2.16. The number of aryl methyl sites for hydroxylation is 1. The lowest BCUT2D eigenvalue weighted by atomic mass is 9.97. The Bertz CT molecular complexity index is 358. The van der Waals surface area contributed by atoms with E-state index < -0.39 is 0 Å². The predicted octanol–water partition coefficient (Wildman–Crippen LogP) is 3.03. The molecule has 0 bridgehead atoms. The fourth-order valence-corrected chi connectivity index (χ4v) is 1.24. The molecule has 4 nitrogen and oxygen atoms in total. The number of nitrogens with one attached hydrogen (secondary N) is 1. The second-order valence-electron chi connectivity index (χ2n) is 5.43. The van der Waals surface area contributed by atoms with Crippen LogP contribution < -0.4 is 10.1 Å². The Labute approximate surface area is 104 Å². The Morgan fingerprint density at radius 3 is 2.59 bits per heavy atom. The summed E-state index contributed by atoms with van der Waals surface area (Å²) in [6.07, 6.45) is 0.980. The highest BCUT2D eigenvalue weighted by atomic mass is 16.5. The molecule has 96 valence electrons. The van der Waals surface area contributed by atoms with E-state index in [1.165, 1.54) is 0 Å². The van der Waals surface area contributed by atoms with Gasteiger partial charge in [-0.2, -0.15) is 4.98 Å². The molecule has 0 saturated heterocycles. The summed E-state index contributed by atoms with van der Waals surface area (Å²) in [5.41, 5.74) is 1.12. The van der Waals surface area contributed by atoms with Crippen molar-refractivity contribution in [3.8, 4) is 5.88 Å². The average molecular weight is 237 g/mol. The molecule has 1 aromatic rings. The molecule has 0 unspecified atom stereocenters. The number of ether oxygens (including phenoxy) is 1. The van der Waals surface area contributed by atoms with Gasteiger partial charge in [0.2, 0.25) is 11.8 Å². The molecule has 4 heteroatoms. The van der Waals surface area contributed by atoms with Gasteiger partial charge in [0.05, 0.1) is 6.61 Å². The average Bonchev–Trinajstić information content (AvgIpc) is 2.22. The van der Waals surface area contributed by atoms with Gasteiger partial charge >= 0.3 is 0 Å². The van der Waals surface area contributed by atoms with Crippen LogP contribution in [0.3, 0.4) is 0 Å². The third-order valence-electron chi connectivity index (χ3n) is 2.06. The minimum Gasteiger partial charge on any atom is -0.478 e. The zero-order valence-electron chi connectivity index (χ0n) is 11.5. The molecule has 1 aromatic heterocycles. The first-order chi connectivity index (χ1) is 7.90. The molecular formula is C13H23N3O. The van der Waals surface area contributed by atoms with Crippen molar-refractivity contribution in [2.75, 3.05) is 18.5 Å². The van der Waals surface area contributed by atoms with Crippen molar-refractivity contribution in [2.24, 2.45) is 5.41 Å². The molecule has 0 fully saturated rings. The fourth-order valence-electron chi connectivity index (χ4n) is 1.24. The highest BCUT2D eigenvalue weighted by molar-refractivity contribution is 5.30. The third-order valence-corrected chi connectivity index (χ3v) is 2.06. The van der Waals surface area contributed by atoms with Crippen molar-refractivity contribution in [1.82, 2.24) is 9.97 Å². The molecular weight excluding hydrogens is 214 g/mol. The first-order valence-electron chi connectivity index (χ1n) is 6.13. The van der Waals surface area contributed by atoms with E-state index in [-0.39, 0.29) is 5.41 Å². The van der Waals surface area contributed by atoms with Crippen molar-refractivity contribution in [3.05, 3.63) is 11.8 Å². The summed E-state index contributed by atoms with van der Waals surface area (Å²) in [5, 5.41) is 3.24. The van der Waals surface area contributed by atoms with Crippen molar-refractivity contribution in [2.45, 2.75) is 41.0 Å². The van der Waals surface area contributed by atoms with E-state index in [9.17, 15) is 0 Å². The molecule has 0 aliphatic rings. The van der Waals surface area contributed by atoms with E-state index in [1.54, 1.807) is 0 Å². The molecule has 0 aliphatic carbocycles. The standard InChI is InChI=1S/C13H23N3O/c1-6-7-17-11-8-10(2)15-12(16-11)14-9-13(3,4)5/h8H,6-7,9H2,1-5H3,(H,14,15,16). The Morgan fingerprint density at radius 2 is 2.00 bits per heavy atom. The summed E-state index contributed by atoms with van der Waals surface area (Å²) in [4.78, 5) is 8.67. The van der Waals surface area contributed by atoms with Crippen LogP contribution in [0.15, 0.2) is 6.07 Å². The van der Waals surface area contributed by atoms with Gasteiger partial charge in [-0.15, -0.1) is 0 Å². The van der Waals surface area contributed by atoms with Crippen LogP contribution in [0.5, 0.6) is 5.88 Å². The summed E-state index contributed by atoms with van der Waals surface area (Å²) in [5.74, 6) is 1.29. The Hall–Kier alpha value is -1.32. The second-order valence-corrected chi connectivity index (χ2v) is 5.43. The Balaban J connectivity index is 2.68. The maximum atomic E-state index is 5.52. The lowest BCUT2D eigenvalue weighted by molar-refractivity contribution is 0.304. The summed E-state index contributed by atoms with van der Waals surface area (Å²) >= 11 is 0. The highest BCUT2D eigenvalue weighted by Gasteiger charge is 2.11. The Kier molecular flexibility index (Phi) is 4.73. The van der Waals surface area contributed by atoms with Crippen molar-refractivity contribution >= 4 is 5.95 Å². The number of hydrogen-bond donors (Lipinski definition) is 1. The number of aromatic nitrogens is 2. The summed E-state index contributed by atoms with van der Waals surface area (Å²) in [6, 6.07) is 1.86. The van der Waals surface area contributed by atoms with Crippen LogP contribution in [0.1, 0.15) is 39.8 Å². The Morgan fingerprint density at radius 1 is 1.29 bits per heavy atom. The molecule has 1 N–H and O–H groups in total. The van der Waals surface area contributed by atoms with Gasteiger partial charge in [0.25, 0.3) is 0 Å². The van der Waals surface area contributed by atoms with Gasteiger partial charge in [-0.1, -0.05) is 27.7 Å². The molecule has 0 aromatic carbocycles. The van der Waals surface area contributed by atoms with Crippen LogP contribution in [-0.2, 0) is 0 Å². The van der Waals surface area contributed by atoms with Gasteiger partial charge in [-0.3, -0.25) is 0 Å². The van der Waals surface area contributed by atoms with Gasteiger partial charge in [0.15, 0.2) is 0 Å². The van der Waals surface area contributed by atoms with E-state index >= 15 is 0 Å². The molecule has 0 aliphatic heterocycles. The number of rotatable bonds is 5. The van der Waals surface area contributed by atoms with E-state index in [0.29, 0.717) is 18.4 Å². The van der Waals surface area contributed by atoms with Crippen LogP contribution in [0.25, 0.3) is 0 Å². The van der Waals surface area contributed by atoms with Crippen molar-refractivity contribution in [3.63, 3.8) is 0 Å². The maximum absolute atomic E-state index is 5.52. The van der Waals surface area contributed by atoms with Gasteiger partial charge in [0.1, 0.15) is 0 Å². The van der Waals surface area contributed by atoms with E-state index in [4.69, 9.17) is 4.74 Å². The predicted molar refractivity (Wildman–Crippen MR) is 70.5 cm³/mol. The third kappa shape index (κ3) is 5.52. The second kappa shape index (κ2) is 5.84. The van der Waals surface area contributed by atoms with Crippen LogP contribution in [-0.4, -0.2) is 23.1 Å². The number of nitrogens with zero attached hydrogens (tertiary/aromatic N) is 2. The SMILES string of the molecule is CCCOc1cc(C)nc(NCC(C)(C)C)n1. The molecule has 1 heterocycles. The van der Waals surface area contributed by atoms with Gasteiger partial charge in [-0.05, 0) is 18.8 Å². The first kappa shape index (κ1) is 13.7. The number of anilines is 1. The lowest BCUT2D eigenvalue weighted by Gasteiger charge is -2.19. The van der Waals surface area contributed by atoms with E-state index in [0.717, 1.165) is 18.7 Å². The van der Waals surface area contributed by atoms with E-state index in [1.807, 2.05) is 13.0 Å². The minimum atomic E-state index is 0.206. The molecule has 0 saturated carbocycles. The van der Waals surface area contributed by atoms with Gasteiger partial charge in [0, 0.05) is 18.3 Å². The zero-order chi connectivity index (χ0) is 12.9. The van der Waals surface area contributed by atoms with Crippen LogP contribution in [0.4, 0.5) is 5.95 Å². The normalized spacial score (nSPS) is 11.4. The number of hydrogen-bond acceptors (Lipinski definition) is 4. The van der Waals surface area contributed by atoms with Gasteiger partial charge < -0.3 is 10.1 Å². The molecule has 0 amide bonds. The van der Waals surface area contributed by atoms with Crippen molar-refractivity contribution < 1.29 is 4.74 Å². The largest absolute Gasteiger partial charge is 0.478 e. The summed E-state index contributed by atoms with van der Waals surface area (Å²) < 4.78 is 5.52. The molecule has 17 heavy (non-hydrogen) atoms. The van der Waals surface area contributed by atoms with Crippen molar-refractivity contribution in [1.29, 1.82) is 0 Å². The van der Waals surface area contributed by atoms with Crippen LogP contribution in [0.2, 0.25) is 0 Å². The molecule has 0 spiro atoms. The molecule has 1 rings (SSSR count).